The van der Waals surface area contributed by atoms with Crippen LogP contribution in [-0.4, -0.2) is 25.3 Å². The monoisotopic (exact) mass is 285 g/mol. The molecular formula is C18H23NO2. The molecule has 0 bridgehead atoms. The fourth-order valence-corrected chi connectivity index (χ4v) is 2.31. The maximum absolute atomic E-state index is 10.4. The Hall–Kier alpha value is -2.00. The third kappa shape index (κ3) is 3.99. The molecule has 0 fully saturated rings. The van der Waals surface area contributed by atoms with Crippen molar-refractivity contribution in [1.29, 1.82) is 0 Å². The molecule has 21 heavy (non-hydrogen) atoms. The van der Waals surface area contributed by atoms with Gasteiger partial charge in [0.1, 0.15) is 5.75 Å². The molecule has 2 rings (SSSR count). The van der Waals surface area contributed by atoms with E-state index in [2.05, 4.69) is 43.0 Å². The lowest BCUT2D eigenvalue weighted by Crippen LogP contribution is -2.28. The number of aryl methyl sites for hydroxylation is 1. The van der Waals surface area contributed by atoms with Crippen LogP contribution in [0.3, 0.4) is 0 Å². The van der Waals surface area contributed by atoms with Gasteiger partial charge in [-0.05, 0) is 43.7 Å². The Balaban J connectivity index is 2.08. The minimum absolute atomic E-state index is 0.517. The number of anilines is 1. The first-order valence-electron chi connectivity index (χ1n) is 7.27. The van der Waals surface area contributed by atoms with Crippen LogP contribution in [0.5, 0.6) is 5.75 Å². The molecule has 2 aromatic carbocycles. The number of benzene rings is 2. The number of aliphatic hydroxyl groups is 1. The number of hydrogen-bond acceptors (Lipinski definition) is 3. The Morgan fingerprint density at radius 1 is 1.05 bits per heavy atom. The van der Waals surface area contributed by atoms with Crippen LogP contribution in [0.4, 0.5) is 5.69 Å². The van der Waals surface area contributed by atoms with E-state index in [-0.39, 0.29) is 0 Å². The number of nitrogens with zero attached hydrogens (tertiary/aromatic N) is 1. The summed E-state index contributed by atoms with van der Waals surface area (Å²) < 4.78 is 5.14. The first-order valence-corrected chi connectivity index (χ1v) is 7.27. The molecule has 0 aliphatic heterocycles. The van der Waals surface area contributed by atoms with Crippen molar-refractivity contribution in [2.45, 2.75) is 20.0 Å². The third-order valence-corrected chi connectivity index (χ3v) is 3.67. The van der Waals surface area contributed by atoms with Gasteiger partial charge in [-0.25, -0.2) is 0 Å². The molecule has 0 amide bonds. The zero-order valence-corrected chi connectivity index (χ0v) is 12.9. The lowest BCUT2D eigenvalue weighted by atomic mass is 10.1. The second-order valence-electron chi connectivity index (χ2n) is 5.16. The van der Waals surface area contributed by atoms with E-state index in [1.54, 1.807) is 7.11 Å². The Morgan fingerprint density at radius 2 is 1.67 bits per heavy atom. The highest BCUT2D eigenvalue weighted by Gasteiger charge is 2.13. The van der Waals surface area contributed by atoms with Crippen LogP contribution in [0.1, 0.15) is 24.2 Å². The Bertz CT molecular complexity index is 548. The summed E-state index contributed by atoms with van der Waals surface area (Å²) in [6, 6.07) is 16.0. The Labute approximate surface area is 126 Å². The minimum atomic E-state index is -0.517. The summed E-state index contributed by atoms with van der Waals surface area (Å²) >= 11 is 0. The van der Waals surface area contributed by atoms with E-state index in [9.17, 15) is 5.11 Å². The van der Waals surface area contributed by atoms with Crippen molar-refractivity contribution in [3.05, 3.63) is 59.7 Å². The van der Waals surface area contributed by atoms with E-state index in [1.165, 1.54) is 5.56 Å². The lowest BCUT2D eigenvalue weighted by molar-refractivity contribution is 0.183. The topological polar surface area (TPSA) is 32.7 Å². The average Bonchev–Trinajstić information content (AvgIpc) is 2.53. The highest BCUT2D eigenvalue weighted by Crippen LogP contribution is 2.22. The Kier molecular flexibility index (Phi) is 5.23. The zero-order valence-electron chi connectivity index (χ0n) is 12.9. The SMILES string of the molecule is CCN(CC(O)c1ccc(OC)cc1)c1ccc(C)cc1. The summed E-state index contributed by atoms with van der Waals surface area (Å²) in [5.41, 5.74) is 3.28. The smallest absolute Gasteiger partial charge is 0.118 e. The molecule has 0 spiro atoms. The zero-order chi connectivity index (χ0) is 15.2. The van der Waals surface area contributed by atoms with Gasteiger partial charge in [-0.1, -0.05) is 29.8 Å². The van der Waals surface area contributed by atoms with Crippen molar-refractivity contribution in [3.63, 3.8) is 0 Å². The fraction of sp³-hybridized carbons (Fsp3) is 0.333. The van der Waals surface area contributed by atoms with Crippen molar-refractivity contribution in [3.8, 4) is 5.75 Å². The number of rotatable bonds is 6. The van der Waals surface area contributed by atoms with Gasteiger partial charge >= 0.3 is 0 Å². The van der Waals surface area contributed by atoms with Gasteiger partial charge in [0.15, 0.2) is 0 Å². The summed E-state index contributed by atoms with van der Waals surface area (Å²) in [7, 11) is 1.64. The molecule has 1 N–H and O–H groups in total. The molecule has 2 aromatic rings. The predicted octanol–water partition coefficient (Wildman–Crippen LogP) is 3.56. The van der Waals surface area contributed by atoms with Crippen LogP contribution in [0, 0.1) is 6.92 Å². The van der Waals surface area contributed by atoms with Gasteiger partial charge < -0.3 is 14.7 Å². The van der Waals surface area contributed by atoms with Gasteiger partial charge in [0.2, 0.25) is 0 Å². The summed E-state index contributed by atoms with van der Waals surface area (Å²) in [5.74, 6) is 0.803. The van der Waals surface area contributed by atoms with E-state index in [0.717, 1.165) is 23.5 Å². The number of hydrogen-bond donors (Lipinski definition) is 1. The van der Waals surface area contributed by atoms with Crippen molar-refractivity contribution in [1.82, 2.24) is 0 Å². The molecule has 3 nitrogen and oxygen atoms in total. The van der Waals surface area contributed by atoms with Crippen LogP contribution < -0.4 is 9.64 Å². The van der Waals surface area contributed by atoms with Crippen LogP contribution in [0.15, 0.2) is 48.5 Å². The van der Waals surface area contributed by atoms with Crippen LogP contribution in [-0.2, 0) is 0 Å². The van der Waals surface area contributed by atoms with Crippen LogP contribution >= 0.6 is 0 Å². The maximum atomic E-state index is 10.4. The number of aliphatic hydroxyl groups excluding tert-OH is 1. The first-order chi connectivity index (χ1) is 10.1. The fourth-order valence-electron chi connectivity index (χ4n) is 2.31. The van der Waals surface area contributed by atoms with Gasteiger partial charge in [-0.2, -0.15) is 0 Å². The van der Waals surface area contributed by atoms with E-state index in [0.29, 0.717) is 6.54 Å². The largest absolute Gasteiger partial charge is 0.497 e. The van der Waals surface area contributed by atoms with Crippen LogP contribution in [0.2, 0.25) is 0 Å². The second kappa shape index (κ2) is 7.14. The normalized spacial score (nSPS) is 12.0. The standard InChI is InChI=1S/C18H23NO2/c1-4-19(16-9-5-14(2)6-10-16)13-18(20)15-7-11-17(21-3)12-8-15/h5-12,18,20H,4,13H2,1-3H3. The average molecular weight is 285 g/mol. The predicted molar refractivity (Wildman–Crippen MR) is 87.0 cm³/mol. The van der Waals surface area contributed by atoms with E-state index in [4.69, 9.17) is 4.74 Å². The van der Waals surface area contributed by atoms with Crippen molar-refractivity contribution in [2.75, 3.05) is 25.1 Å². The van der Waals surface area contributed by atoms with Gasteiger partial charge in [0, 0.05) is 18.8 Å². The number of ether oxygens (including phenoxy) is 1. The molecule has 1 atom stereocenters. The van der Waals surface area contributed by atoms with Crippen molar-refractivity contribution in [2.24, 2.45) is 0 Å². The molecule has 0 radical (unpaired) electrons. The molecule has 0 saturated heterocycles. The highest BCUT2D eigenvalue weighted by atomic mass is 16.5. The van der Waals surface area contributed by atoms with E-state index in [1.807, 2.05) is 24.3 Å². The van der Waals surface area contributed by atoms with Crippen molar-refractivity contribution >= 4 is 5.69 Å². The molecule has 0 aromatic heterocycles. The number of methoxy groups -OCH3 is 1. The van der Waals surface area contributed by atoms with Crippen LogP contribution in [0.25, 0.3) is 0 Å². The molecule has 0 aliphatic carbocycles. The molecule has 1 unspecified atom stereocenters. The summed E-state index contributed by atoms with van der Waals surface area (Å²) in [6.07, 6.45) is -0.517. The summed E-state index contributed by atoms with van der Waals surface area (Å²) in [6.45, 7) is 5.61. The lowest BCUT2D eigenvalue weighted by Gasteiger charge is -2.26. The van der Waals surface area contributed by atoms with Gasteiger partial charge in [0.25, 0.3) is 0 Å². The molecule has 3 heteroatoms. The van der Waals surface area contributed by atoms with E-state index >= 15 is 0 Å². The summed E-state index contributed by atoms with van der Waals surface area (Å²) in [4.78, 5) is 2.17. The molecule has 0 saturated carbocycles. The van der Waals surface area contributed by atoms with Crippen molar-refractivity contribution < 1.29 is 9.84 Å². The first kappa shape index (κ1) is 15.4. The quantitative estimate of drug-likeness (QED) is 0.881. The molecule has 112 valence electrons. The van der Waals surface area contributed by atoms with Gasteiger partial charge in [-0.3, -0.25) is 0 Å². The maximum Gasteiger partial charge on any atom is 0.118 e. The molecule has 0 heterocycles. The van der Waals surface area contributed by atoms with Gasteiger partial charge in [0.05, 0.1) is 13.2 Å². The minimum Gasteiger partial charge on any atom is -0.497 e. The molecular weight excluding hydrogens is 262 g/mol. The van der Waals surface area contributed by atoms with Gasteiger partial charge in [-0.15, -0.1) is 0 Å². The van der Waals surface area contributed by atoms with E-state index < -0.39 is 6.10 Å². The number of likely N-dealkylation sites (N-methyl/N-ethyl adjacent to an activating group) is 1. The third-order valence-electron chi connectivity index (χ3n) is 3.67. The Morgan fingerprint density at radius 3 is 2.19 bits per heavy atom. The molecule has 0 aliphatic rings. The summed E-state index contributed by atoms with van der Waals surface area (Å²) in [5, 5.41) is 10.4. The second-order valence-corrected chi connectivity index (χ2v) is 5.16. The highest BCUT2D eigenvalue weighted by molar-refractivity contribution is 5.47.